The summed E-state index contributed by atoms with van der Waals surface area (Å²) in [5.74, 6) is 0.843. The van der Waals surface area contributed by atoms with Crippen LogP contribution in [0.3, 0.4) is 0 Å². The fourth-order valence-electron chi connectivity index (χ4n) is 2.56. The number of aromatic nitrogens is 1. The first kappa shape index (κ1) is 8.10. The number of para-hydroxylation sites is 1. The molecule has 1 nitrogen and oxygen atoms in total. The molecule has 0 spiro atoms. The third kappa shape index (κ3) is 1.08. The molecule has 0 aliphatic heterocycles. The van der Waals surface area contributed by atoms with Gasteiger partial charge in [0.1, 0.15) is 0 Å². The molecule has 1 heterocycles. The third-order valence-electron chi connectivity index (χ3n) is 3.34. The number of nitrogens with one attached hydrogen (secondary N) is 1. The maximum absolute atomic E-state index is 3.55. The predicted octanol–water partition coefficient (Wildman–Crippen LogP) is 3.29. The number of H-pyrrole nitrogens is 1. The van der Waals surface area contributed by atoms with E-state index in [2.05, 4.69) is 36.2 Å². The molecule has 1 unspecified atom stereocenters. The molecule has 0 fully saturated rings. The molecule has 1 heteroatoms. The van der Waals surface area contributed by atoms with Crippen molar-refractivity contribution in [2.45, 2.75) is 26.2 Å². The molecule has 14 heavy (non-hydrogen) atoms. The van der Waals surface area contributed by atoms with Gasteiger partial charge < -0.3 is 4.98 Å². The molecule has 1 N–H and O–H groups in total. The summed E-state index contributed by atoms with van der Waals surface area (Å²) >= 11 is 0. The lowest BCUT2D eigenvalue weighted by Crippen LogP contribution is -2.09. The van der Waals surface area contributed by atoms with Gasteiger partial charge in [0, 0.05) is 16.6 Å². The fourth-order valence-corrected chi connectivity index (χ4v) is 2.56. The maximum atomic E-state index is 3.55. The Morgan fingerprint density at radius 1 is 1.29 bits per heavy atom. The molecule has 1 aromatic heterocycles. The Kier molecular flexibility index (Phi) is 1.66. The number of aryl methyl sites for hydroxylation is 1. The van der Waals surface area contributed by atoms with Crippen LogP contribution < -0.4 is 0 Å². The highest BCUT2D eigenvalue weighted by atomic mass is 14.7. The van der Waals surface area contributed by atoms with E-state index in [4.69, 9.17) is 0 Å². The van der Waals surface area contributed by atoms with Crippen LogP contribution in [0.25, 0.3) is 10.9 Å². The lowest BCUT2D eigenvalue weighted by Gasteiger charge is -2.17. The summed E-state index contributed by atoms with van der Waals surface area (Å²) < 4.78 is 0. The van der Waals surface area contributed by atoms with Crippen LogP contribution in [0.4, 0.5) is 0 Å². The topological polar surface area (TPSA) is 15.8 Å². The molecule has 72 valence electrons. The van der Waals surface area contributed by atoms with E-state index in [9.17, 15) is 0 Å². The molecule has 0 amide bonds. The van der Waals surface area contributed by atoms with Gasteiger partial charge in [-0.3, -0.25) is 0 Å². The van der Waals surface area contributed by atoms with Gasteiger partial charge in [-0.25, -0.2) is 0 Å². The highest BCUT2D eigenvalue weighted by Gasteiger charge is 2.18. The van der Waals surface area contributed by atoms with Crippen LogP contribution in [-0.4, -0.2) is 4.98 Å². The molecule has 0 saturated heterocycles. The van der Waals surface area contributed by atoms with Crippen molar-refractivity contribution in [2.75, 3.05) is 0 Å². The van der Waals surface area contributed by atoms with Crippen LogP contribution in [0.5, 0.6) is 0 Å². The largest absolute Gasteiger partial charge is 0.358 e. The van der Waals surface area contributed by atoms with Crippen molar-refractivity contribution in [3.05, 3.63) is 35.5 Å². The first-order valence-electron chi connectivity index (χ1n) is 5.43. The molecule has 1 aliphatic carbocycles. The van der Waals surface area contributed by atoms with E-state index in [1.807, 2.05) is 0 Å². The monoisotopic (exact) mass is 185 g/mol. The van der Waals surface area contributed by atoms with Gasteiger partial charge in [0.2, 0.25) is 0 Å². The summed E-state index contributed by atoms with van der Waals surface area (Å²) in [5.41, 5.74) is 4.36. The molecular formula is C13H15N. The Labute approximate surface area is 84.1 Å². The van der Waals surface area contributed by atoms with Crippen LogP contribution in [0.15, 0.2) is 24.3 Å². The average molecular weight is 185 g/mol. The number of rotatable bonds is 0. The SMILES string of the molecule is CC1CCc2c([nH]c3ccccc23)C1. The fraction of sp³-hybridized carbons (Fsp3) is 0.385. The first-order chi connectivity index (χ1) is 6.84. The van der Waals surface area contributed by atoms with Crippen molar-refractivity contribution in [2.24, 2.45) is 5.92 Å². The summed E-state index contributed by atoms with van der Waals surface area (Å²) in [7, 11) is 0. The average Bonchev–Trinajstić information content (AvgIpc) is 2.54. The van der Waals surface area contributed by atoms with Crippen molar-refractivity contribution < 1.29 is 0 Å². The van der Waals surface area contributed by atoms with E-state index in [0.717, 1.165) is 5.92 Å². The Morgan fingerprint density at radius 3 is 3.07 bits per heavy atom. The van der Waals surface area contributed by atoms with E-state index in [1.165, 1.54) is 35.9 Å². The summed E-state index contributed by atoms with van der Waals surface area (Å²) in [5, 5.41) is 1.44. The number of hydrogen-bond donors (Lipinski definition) is 1. The first-order valence-corrected chi connectivity index (χ1v) is 5.43. The van der Waals surface area contributed by atoms with E-state index >= 15 is 0 Å². The normalized spacial score (nSPS) is 21.1. The highest BCUT2D eigenvalue weighted by Crippen LogP contribution is 2.30. The Hall–Kier alpha value is -1.24. The Balaban J connectivity index is 2.24. The van der Waals surface area contributed by atoms with Gasteiger partial charge in [-0.1, -0.05) is 25.1 Å². The zero-order valence-electron chi connectivity index (χ0n) is 8.51. The van der Waals surface area contributed by atoms with E-state index in [1.54, 1.807) is 5.56 Å². The number of benzene rings is 1. The van der Waals surface area contributed by atoms with Crippen molar-refractivity contribution in [3.8, 4) is 0 Å². The van der Waals surface area contributed by atoms with Crippen molar-refractivity contribution in [1.29, 1.82) is 0 Å². The third-order valence-corrected chi connectivity index (χ3v) is 3.34. The van der Waals surface area contributed by atoms with Crippen LogP contribution >= 0.6 is 0 Å². The maximum Gasteiger partial charge on any atom is 0.0458 e. The van der Waals surface area contributed by atoms with Crippen LogP contribution in [0, 0.1) is 5.92 Å². The van der Waals surface area contributed by atoms with E-state index < -0.39 is 0 Å². The molecule has 0 bridgehead atoms. The summed E-state index contributed by atoms with van der Waals surface area (Å²) in [4.78, 5) is 3.55. The lowest BCUT2D eigenvalue weighted by atomic mass is 9.88. The Morgan fingerprint density at radius 2 is 2.14 bits per heavy atom. The van der Waals surface area contributed by atoms with Crippen molar-refractivity contribution >= 4 is 10.9 Å². The summed E-state index contributed by atoms with van der Waals surface area (Å²) in [6.45, 7) is 2.34. The van der Waals surface area contributed by atoms with Gasteiger partial charge in [-0.05, 0) is 36.8 Å². The van der Waals surface area contributed by atoms with Gasteiger partial charge in [0.05, 0.1) is 0 Å². The summed E-state index contributed by atoms with van der Waals surface area (Å²) in [6.07, 6.45) is 3.82. The molecule has 3 rings (SSSR count). The number of hydrogen-bond acceptors (Lipinski definition) is 0. The molecule has 2 aromatic rings. The van der Waals surface area contributed by atoms with Crippen LogP contribution in [0.2, 0.25) is 0 Å². The minimum atomic E-state index is 0.843. The smallest absolute Gasteiger partial charge is 0.0458 e. The van der Waals surface area contributed by atoms with Gasteiger partial charge in [0.25, 0.3) is 0 Å². The zero-order chi connectivity index (χ0) is 9.54. The van der Waals surface area contributed by atoms with Gasteiger partial charge in [0.15, 0.2) is 0 Å². The quantitative estimate of drug-likeness (QED) is 0.648. The molecule has 0 saturated carbocycles. The molecule has 1 atom stereocenters. The summed E-state index contributed by atoms with van der Waals surface area (Å²) in [6, 6.07) is 8.65. The van der Waals surface area contributed by atoms with Crippen LogP contribution in [-0.2, 0) is 12.8 Å². The van der Waals surface area contributed by atoms with E-state index in [0.29, 0.717) is 0 Å². The minimum absolute atomic E-state index is 0.843. The second-order valence-corrected chi connectivity index (χ2v) is 4.48. The van der Waals surface area contributed by atoms with Crippen LogP contribution in [0.1, 0.15) is 24.6 Å². The lowest BCUT2D eigenvalue weighted by molar-refractivity contribution is 0.497. The molecule has 1 aliphatic rings. The Bertz CT molecular complexity index is 467. The van der Waals surface area contributed by atoms with Crippen molar-refractivity contribution in [3.63, 3.8) is 0 Å². The number of fused-ring (bicyclic) bond motifs is 3. The molecule has 0 radical (unpaired) electrons. The minimum Gasteiger partial charge on any atom is -0.358 e. The van der Waals surface area contributed by atoms with Gasteiger partial charge in [-0.2, -0.15) is 0 Å². The van der Waals surface area contributed by atoms with E-state index in [-0.39, 0.29) is 0 Å². The molecule has 1 aromatic carbocycles. The second kappa shape index (κ2) is 2.88. The second-order valence-electron chi connectivity index (χ2n) is 4.48. The van der Waals surface area contributed by atoms with Crippen molar-refractivity contribution in [1.82, 2.24) is 4.98 Å². The number of aromatic amines is 1. The predicted molar refractivity (Wildman–Crippen MR) is 59.5 cm³/mol. The highest BCUT2D eigenvalue weighted by molar-refractivity contribution is 5.84. The standard InChI is InChI=1S/C13H15N/c1-9-6-7-11-10-4-2-3-5-12(10)14-13(11)8-9/h2-5,9,14H,6-8H2,1H3. The van der Waals surface area contributed by atoms with Gasteiger partial charge in [-0.15, -0.1) is 0 Å². The van der Waals surface area contributed by atoms with Gasteiger partial charge >= 0.3 is 0 Å². The molecular weight excluding hydrogens is 170 g/mol. The zero-order valence-corrected chi connectivity index (χ0v) is 8.51.